The summed E-state index contributed by atoms with van der Waals surface area (Å²) in [5.41, 5.74) is 0.838. The second-order valence-electron chi connectivity index (χ2n) is 5.60. The topological polar surface area (TPSA) is 88.8 Å². The van der Waals surface area contributed by atoms with E-state index in [1.54, 1.807) is 6.07 Å². The third-order valence-corrected chi connectivity index (χ3v) is 5.72. The summed E-state index contributed by atoms with van der Waals surface area (Å²) in [6.45, 7) is -0.375. The van der Waals surface area contributed by atoms with Crippen molar-refractivity contribution >= 4 is 21.4 Å². The molecule has 2 N–H and O–H groups in total. The monoisotopic (exact) mass is 433 g/mol. The number of thiophene rings is 1. The Labute approximate surface area is 162 Å². The molecule has 1 aromatic carbocycles. The molecule has 0 radical (unpaired) electrons. The number of aliphatic hydroxyl groups excluding tert-OH is 1. The number of ether oxygens (including phenoxy) is 1. The van der Waals surface area contributed by atoms with E-state index >= 15 is 0 Å². The standard InChI is InChI=1S/C17H14F3NO5S2/c18-17(19,20)26-12-1-3-13(4-2-12)28(23,24)21-9-14(22)16-6-5-15(25-16)11-7-8-27-10-11/h1-8,10,14,21-22H,9H2/t14-/m1/s1. The fraction of sp³-hybridized carbons (Fsp3) is 0.176. The molecule has 2 aromatic heterocycles. The minimum Gasteiger partial charge on any atom is -0.458 e. The van der Waals surface area contributed by atoms with Crippen molar-refractivity contribution in [3.63, 3.8) is 0 Å². The number of sulfonamides is 1. The SMILES string of the molecule is O=S(=O)(NC[C@@H](O)c1ccc(-c2ccsc2)o1)c1ccc(OC(F)(F)F)cc1. The Morgan fingerprint density at radius 3 is 2.46 bits per heavy atom. The molecule has 0 saturated carbocycles. The maximum atomic E-state index is 12.2. The number of halogens is 3. The van der Waals surface area contributed by atoms with Gasteiger partial charge < -0.3 is 14.3 Å². The van der Waals surface area contributed by atoms with Gasteiger partial charge in [-0.05, 0) is 47.8 Å². The zero-order valence-electron chi connectivity index (χ0n) is 14.0. The molecule has 3 rings (SSSR count). The highest BCUT2D eigenvalue weighted by atomic mass is 32.2. The highest BCUT2D eigenvalue weighted by Crippen LogP contribution is 2.27. The van der Waals surface area contributed by atoms with E-state index in [2.05, 4.69) is 9.46 Å². The molecule has 0 bridgehead atoms. The van der Waals surface area contributed by atoms with Crippen LogP contribution in [0.25, 0.3) is 11.3 Å². The molecule has 0 spiro atoms. The molecule has 28 heavy (non-hydrogen) atoms. The molecule has 0 aliphatic heterocycles. The van der Waals surface area contributed by atoms with E-state index in [4.69, 9.17) is 4.42 Å². The van der Waals surface area contributed by atoms with Crippen molar-refractivity contribution < 1.29 is 35.8 Å². The summed E-state index contributed by atoms with van der Waals surface area (Å²) in [6.07, 6.45) is -6.11. The molecule has 1 atom stereocenters. The van der Waals surface area contributed by atoms with Gasteiger partial charge in [0.1, 0.15) is 23.4 Å². The van der Waals surface area contributed by atoms with Gasteiger partial charge in [0.25, 0.3) is 0 Å². The van der Waals surface area contributed by atoms with E-state index in [0.29, 0.717) is 5.76 Å². The minimum absolute atomic E-state index is 0.179. The summed E-state index contributed by atoms with van der Waals surface area (Å²) < 4.78 is 72.3. The van der Waals surface area contributed by atoms with E-state index in [1.165, 1.54) is 17.4 Å². The molecule has 0 fully saturated rings. The zero-order valence-corrected chi connectivity index (χ0v) is 15.6. The lowest BCUT2D eigenvalue weighted by atomic mass is 10.2. The number of benzene rings is 1. The highest BCUT2D eigenvalue weighted by molar-refractivity contribution is 7.89. The number of rotatable bonds is 7. The first-order valence-corrected chi connectivity index (χ1v) is 10.2. The lowest BCUT2D eigenvalue weighted by Crippen LogP contribution is -2.28. The first kappa shape index (κ1) is 20.4. The molecule has 2 heterocycles. The minimum atomic E-state index is -4.87. The first-order valence-electron chi connectivity index (χ1n) is 7.80. The molecule has 11 heteroatoms. The molecule has 0 aliphatic carbocycles. The van der Waals surface area contributed by atoms with Crippen LogP contribution in [0.1, 0.15) is 11.9 Å². The van der Waals surface area contributed by atoms with Crippen LogP contribution in [0.3, 0.4) is 0 Å². The van der Waals surface area contributed by atoms with Crippen LogP contribution in [0.15, 0.2) is 62.5 Å². The number of hydrogen-bond donors (Lipinski definition) is 2. The van der Waals surface area contributed by atoms with Gasteiger partial charge in [-0.25, -0.2) is 13.1 Å². The third kappa shape index (κ3) is 5.13. The smallest absolute Gasteiger partial charge is 0.458 e. The lowest BCUT2D eigenvalue weighted by molar-refractivity contribution is -0.274. The summed E-state index contributed by atoms with van der Waals surface area (Å²) in [6, 6.07) is 8.75. The Morgan fingerprint density at radius 2 is 1.86 bits per heavy atom. The van der Waals surface area contributed by atoms with Crippen LogP contribution in [0.5, 0.6) is 5.75 Å². The maximum Gasteiger partial charge on any atom is 0.573 e. The summed E-state index contributed by atoms with van der Waals surface area (Å²) in [5, 5.41) is 13.9. The molecule has 6 nitrogen and oxygen atoms in total. The largest absolute Gasteiger partial charge is 0.573 e. The van der Waals surface area contributed by atoms with Gasteiger partial charge in [-0.15, -0.1) is 13.2 Å². The van der Waals surface area contributed by atoms with Gasteiger partial charge in [-0.1, -0.05) is 0 Å². The molecule has 0 unspecified atom stereocenters. The van der Waals surface area contributed by atoms with Crippen molar-refractivity contribution in [1.29, 1.82) is 0 Å². The lowest BCUT2D eigenvalue weighted by Gasteiger charge is -2.12. The Balaban J connectivity index is 1.63. The van der Waals surface area contributed by atoms with Gasteiger partial charge in [0.15, 0.2) is 0 Å². The molecule has 0 saturated heterocycles. The Hall–Kier alpha value is -2.34. The van der Waals surface area contributed by atoms with Gasteiger partial charge >= 0.3 is 6.36 Å². The normalized spacial score (nSPS) is 13.4. The van der Waals surface area contributed by atoms with Crippen LogP contribution in [0.4, 0.5) is 13.2 Å². The molecular weight excluding hydrogens is 419 g/mol. The van der Waals surface area contributed by atoms with E-state index in [0.717, 1.165) is 29.8 Å². The number of aliphatic hydroxyl groups is 1. The van der Waals surface area contributed by atoms with Crippen LogP contribution in [-0.2, 0) is 10.0 Å². The molecular formula is C17H14F3NO5S2. The van der Waals surface area contributed by atoms with Gasteiger partial charge in [0.05, 0.1) is 4.90 Å². The van der Waals surface area contributed by atoms with Crippen molar-refractivity contribution in [3.8, 4) is 17.1 Å². The number of alkyl halides is 3. The fourth-order valence-electron chi connectivity index (χ4n) is 2.28. The molecule has 0 aliphatic rings. The van der Waals surface area contributed by atoms with Crippen molar-refractivity contribution in [2.24, 2.45) is 0 Å². The summed E-state index contributed by atoms with van der Waals surface area (Å²) in [5.74, 6) is 0.180. The summed E-state index contributed by atoms with van der Waals surface area (Å²) >= 11 is 1.48. The Kier molecular flexibility index (Phi) is 5.79. The highest BCUT2D eigenvalue weighted by Gasteiger charge is 2.31. The quantitative estimate of drug-likeness (QED) is 0.590. The summed E-state index contributed by atoms with van der Waals surface area (Å²) in [4.78, 5) is -0.271. The third-order valence-electron chi connectivity index (χ3n) is 3.60. The number of furan rings is 1. The predicted molar refractivity (Wildman–Crippen MR) is 95.3 cm³/mol. The van der Waals surface area contributed by atoms with Gasteiger partial charge in [0, 0.05) is 17.5 Å². The average molecular weight is 433 g/mol. The van der Waals surface area contributed by atoms with Crippen LogP contribution < -0.4 is 9.46 Å². The molecule has 150 valence electrons. The van der Waals surface area contributed by atoms with E-state index in [9.17, 15) is 26.7 Å². The molecule has 3 aromatic rings. The Bertz CT molecular complexity index is 1010. The van der Waals surface area contributed by atoms with E-state index in [-0.39, 0.29) is 17.2 Å². The van der Waals surface area contributed by atoms with Crippen LogP contribution in [-0.4, -0.2) is 26.4 Å². The fourth-order valence-corrected chi connectivity index (χ4v) is 3.97. The second kappa shape index (κ2) is 7.95. The first-order chi connectivity index (χ1) is 13.1. The van der Waals surface area contributed by atoms with Crippen molar-refractivity contribution in [1.82, 2.24) is 4.72 Å². The number of nitrogens with one attached hydrogen (secondary N) is 1. The van der Waals surface area contributed by atoms with Crippen LogP contribution >= 0.6 is 11.3 Å². The summed E-state index contributed by atoms with van der Waals surface area (Å²) in [7, 11) is -4.05. The average Bonchev–Trinajstić information content (AvgIpc) is 3.30. The van der Waals surface area contributed by atoms with E-state index in [1.807, 2.05) is 16.8 Å². The van der Waals surface area contributed by atoms with Crippen LogP contribution in [0.2, 0.25) is 0 Å². The predicted octanol–water partition coefficient (Wildman–Crippen LogP) is 3.92. The maximum absolute atomic E-state index is 12.2. The van der Waals surface area contributed by atoms with Gasteiger partial charge in [-0.2, -0.15) is 11.3 Å². The second-order valence-corrected chi connectivity index (χ2v) is 8.15. The van der Waals surface area contributed by atoms with E-state index < -0.39 is 28.2 Å². The molecule has 0 amide bonds. The van der Waals surface area contributed by atoms with Crippen molar-refractivity contribution in [2.45, 2.75) is 17.4 Å². The number of hydrogen-bond acceptors (Lipinski definition) is 6. The van der Waals surface area contributed by atoms with Crippen LogP contribution in [0, 0.1) is 0 Å². The van der Waals surface area contributed by atoms with Crippen molar-refractivity contribution in [2.75, 3.05) is 6.54 Å². The zero-order chi connectivity index (χ0) is 20.4. The van der Waals surface area contributed by atoms with Gasteiger partial charge in [0.2, 0.25) is 10.0 Å². The Morgan fingerprint density at radius 1 is 1.14 bits per heavy atom. The van der Waals surface area contributed by atoms with Gasteiger partial charge in [-0.3, -0.25) is 0 Å². The van der Waals surface area contributed by atoms with Crippen molar-refractivity contribution in [3.05, 3.63) is 59.0 Å².